The summed E-state index contributed by atoms with van der Waals surface area (Å²) in [6.07, 6.45) is 0.913. The Morgan fingerprint density at radius 1 is 0.302 bits per heavy atom. The molecule has 5 nitrogen and oxygen atoms in total. The number of benzene rings is 9. The van der Waals surface area contributed by atoms with E-state index < -0.39 is 0 Å². The molecule has 9 aromatic carbocycles. The van der Waals surface area contributed by atoms with Crippen molar-refractivity contribution in [3.63, 3.8) is 0 Å². The van der Waals surface area contributed by atoms with E-state index in [1.807, 2.05) is 36.4 Å². The first kappa shape index (κ1) is 35.4. The summed E-state index contributed by atoms with van der Waals surface area (Å²) in [7, 11) is 0. The first-order valence-corrected chi connectivity index (χ1v) is 21.5. The predicted octanol–water partition coefficient (Wildman–Crippen LogP) is 14.3. The normalized spacial score (nSPS) is 12.1. The Labute approximate surface area is 363 Å². The van der Waals surface area contributed by atoms with E-state index in [0.29, 0.717) is 17.6 Å². The van der Waals surface area contributed by atoms with Gasteiger partial charge >= 0.3 is 0 Å². The largest absolute Gasteiger partial charge is 0.309 e. The Balaban J connectivity index is 0.968. The summed E-state index contributed by atoms with van der Waals surface area (Å²) in [4.78, 5) is 15.4. The number of hydrogen-bond donors (Lipinski definition) is 0. The smallest absolute Gasteiger partial charge is 0.238 e. The van der Waals surface area contributed by atoms with Crippen molar-refractivity contribution in [2.45, 2.75) is 6.42 Å². The number of fused-ring (bicyclic) bond motifs is 10. The molecule has 3 heterocycles. The molecule has 0 amide bonds. The second kappa shape index (κ2) is 14.1. The van der Waals surface area contributed by atoms with Crippen LogP contribution in [0.15, 0.2) is 212 Å². The number of nitrogens with zero attached hydrogens (tertiary/aromatic N) is 5. The zero-order valence-corrected chi connectivity index (χ0v) is 34.2. The van der Waals surface area contributed by atoms with Gasteiger partial charge in [0.2, 0.25) is 5.95 Å². The molecule has 5 heteroatoms. The van der Waals surface area contributed by atoms with Gasteiger partial charge in [-0.15, -0.1) is 0 Å². The molecule has 294 valence electrons. The number of rotatable bonds is 6. The molecule has 1 aliphatic rings. The molecule has 13 rings (SSSR count). The molecule has 0 radical (unpaired) electrons. The SMILES string of the molecule is c1ccc(-c2nc(-c3ccccc3)nc(-n3c4ccccc4c4c5c6ccccc6n(-c6ccc(-c7cccc8c7Cc7c(-c9ccccc9)cccc7-8)cc6)c5ccc43)n2)cc1. The minimum atomic E-state index is 0.583. The lowest BCUT2D eigenvalue weighted by Gasteiger charge is -2.12. The molecule has 0 saturated carbocycles. The van der Waals surface area contributed by atoms with Crippen LogP contribution in [-0.4, -0.2) is 24.1 Å². The third-order valence-corrected chi connectivity index (χ3v) is 12.9. The van der Waals surface area contributed by atoms with Crippen LogP contribution < -0.4 is 0 Å². The molecular weight excluding hydrogens is 767 g/mol. The van der Waals surface area contributed by atoms with Crippen LogP contribution in [0.2, 0.25) is 0 Å². The van der Waals surface area contributed by atoms with Crippen molar-refractivity contribution in [3.8, 4) is 67.8 Å². The second-order valence-electron chi connectivity index (χ2n) is 16.3. The van der Waals surface area contributed by atoms with E-state index in [0.717, 1.165) is 50.7 Å². The Morgan fingerprint density at radius 3 is 1.27 bits per heavy atom. The molecule has 0 aliphatic heterocycles. The van der Waals surface area contributed by atoms with Crippen LogP contribution in [0.25, 0.3) is 111 Å². The highest BCUT2D eigenvalue weighted by Gasteiger charge is 2.26. The summed E-state index contributed by atoms with van der Waals surface area (Å²) in [5, 5.41) is 4.72. The molecule has 3 aromatic heterocycles. The molecule has 0 spiro atoms. The maximum Gasteiger partial charge on any atom is 0.238 e. The average molecular weight is 804 g/mol. The van der Waals surface area contributed by atoms with Gasteiger partial charge in [0.1, 0.15) is 0 Å². The molecule has 0 unspecified atom stereocenters. The molecule has 0 N–H and O–H groups in total. The van der Waals surface area contributed by atoms with Crippen molar-refractivity contribution in [1.29, 1.82) is 0 Å². The van der Waals surface area contributed by atoms with Gasteiger partial charge in [-0.2, -0.15) is 9.97 Å². The fourth-order valence-corrected chi connectivity index (χ4v) is 10.1. The van der Waals surface area contributed by atoms with E-state index in [4.69, 9.17) is 15.0 Å². The van der Waals surface area contributed by atoms with Gasteiger partial charge in [-0.3, -0.25) is 4.57 Å². The highest BCUT2D eigenvalue weighted by atomic mass is 15.2. The van der Waals surface area contributed by atoms with Crippen LogP contribution in [0.1, 0.15) is 11.1 Å². The van der Waals surface area contributed by atoms with Gasteiger partial charge in [0, 0.05) is 38.4 Å². The van der Waals surface area contributed by atoms with Crippen molar-refractivity contribution in [1.82, 2.24) is 24.1 Å². The molecular formula is C58H37N5. The highest BCUT2D eigenvalue weighted by molar-refractivity contribution is 6.28. The lowest BCUT2D eigenvalue weighted by molar-refractivity contribution is 0.953. The van der Waals surface area contributed by atoms with Gasteiger partial charge in [0.05, 0.1) is 22.1 Å². The second-order valence-corrected chi connectivity index (χ2v) is 16.3. The van der Waals surface area contributed by atoms with Crippen molar-refractivity contribution >= 4 is 43.6 Å². The minimum Gasteiger partial charge on any atom is -0.309 e. The fraction of sp³-hybridized carbons (Fsp3) is 0.0172. The fourth-order valence-electron chi connectivity index (χ4n) is 10.1. The standard InChI is InChI=1S/C58H37N5/c1-4-16-37(17-5-1)42-24-14-26-44-45-27-15-25-43(49(45)36-48(42)44)38-30-32-41(33-31-38)62-50-28-12-10-22-46(50)54-52(62)34-35-53-55(54)47-23-11-13-29-51(47)63(53)58-60-56(39-18-6-2-7-19-39)59-57(61-58)40-20-8-3-9-21-40/h1-35H,36H2. The first-order valence-electron chi connectivity index (χ1n) is 21.5. The average Bonchev–Trinajstić information content (AvgIpc) is 4.03. The summed E-state index contributed by atoms with van der Waals surface area (Å²) in [6.45, 7) is 0. The monoisotopic (exact) mass is 803 g/mol. The predicted molar refractivity (Wildman–Crippen MR) is 258 cm³/mol. The number of aromatic nitrogens is 5. The summed E-state index contributed by atoms with van der Waals surface area (Å²) < 4.78 is 4.63. The Hall–Kier alpha value is -8.41. The van der Waals surface area contributed by atoms with Gasteiger partial charge in [0.15, 0.2) is 11.6 Å². The number of para-hydroxylation sites is 2. The first-order chi connectivity index (χ1) is 31.3. The lowest BCUT2D eigenvalue weighted by atomic mass is 9.95. The molecule has 0 atom stereocenters. The molecule has 0 fully saturated rings. The van der Waals surface area contributed by atoms with Crippen molar-refractivity contribution in [2.75, 3.05) is 0 Å². The molecule has 0 bridgehead atoms. The summed E-state index contributed by atoms with van der Waals surface area (Å²) >= 11 is 0. The van der Waals surface area contributed by atoms with Crippen LogP contribution in [0.3, 0.4) is 0 Å². The van der Waals surface area contributed by atoms with E-state index in [1.54, 1.807) is 0 Å². The van der Waals surface area contributed by atoms with Gasteiger partial charge in [-0.1, -0.05) is 176 Å². The zero-order chi connectivity index (χ0) is 41.4. The quantitative estimate of drug-likeness (QED) is 0.168. The van der Waals surface area contributed by atoms with E-state index in [9.17, 15) is 0 Å². The maximum absolute atomic E-state index is 5.19. The van der Waals surface area contributed by atoms with E-state index in [-0.39, 0.29) is 0 Å². The van der Waals surface area contributed by atoms with Crippen molar-refractivity contribution in [3.05, 3.63) is 223 Å². The van der Waals surface area contributed by atoms with Gasteiger partial charge < -0.3 is 4.57 Å². The Morgan fingerprint density at radius 2 is 0.730 bits per heavy atom. The molecule has 63 heavy (non-hydrogen) atoms. The van der Waals surface area contributed by atoms with Crippen LogP contribution in [-0.2, 0) is 6.42 Å². The Kier molecular flexibility index (Phi) is 7.90. The van der Waals surface area contributed by atoms with Gasteiger partial charge in [-0.05, 0) is 87.3 Å². The minimum absolute atomic E-state index is 0.583. The topological polar surface area (TPSA) is 48.5 Å². The Bertz CT molecular complexity index is 3680. The molecule has 0 saturated heterocycles. The van der Waals surface area contributed by atoms with Crippen molar-refractivity contribution in [2.24, 2.45) is 0 Å². The van der Waals surface area contributed by atoms with Gasteiger partial charge in [-0.25, -0.2) is 4.98 Å². The summed E-state index contributed by atoms with van der Waals surface area (Å²) in [6, 6.07) is 75.7. The number of hydrogen-bond acceptors (Lipinski definition) is 3. The highest BCUT2D eigenvalue weighted by Crippen LogP contribution is 2.46. The van der Waals surface area contributed by atoms with Crippen LogP contribution in [0, 0.1) is 0 Å². The third kappa shape index (κ3) is 5.53. The molecule has 12 aromatic rings. The summed E-state index contributed by atoms with van der Waals surface area (Å²) in [5.41, 5.74) is 17.9. The van der Waals surface area contributed by atoms with Crippen LogP contribution in [0.4, 0.5) is 0 Å². The maximum atomic E-state index is 5.19. The third-order valence-electron chi connectivity index (χ3n) is 12.9. The molecule has 1 aliphatic carbocycles. The van der Waals surface area contributed by atoms with E-state index >= 15 is 0 Å². The van der Waals surface area contributed by atoms with E-state index in [2.05, 4.69) is 185 Å². The van der Waals surface area contributed by atoms with Crippen LogP contribution >= 0.6 is 0 Å². The van der Waals surface area contributed by atoms with Crippen molar-refractivity contribution < 1.29 is 0 Å². The zero-order valence-electron chi connectivity index (χ0n) is 34.2. The van der Waals surface area contributed by atoms with Crippen LogP contribution in [0.5, 0.6) is 0 Å². The lowest BCUT2D eigenvalue weighted by Crippen LogP contribution is -2.06. The summed E-state index contributed by atoms with van der Waals surface area (Å²) in [5.74, 6) is 1.85. The van der Waals surface area contributed by atoms with E-state index in [1.165, 1.54) is 60.7 Å². The van der Waals surface area contributed by atoms with Gasteiger partial charge in [0.25, 0.3) is 0 Å².